The molecule has 0 saturated carbocycles. The summed E-state index contributed by atoms with van der Waals surface area (Å²) in [6.45, 7) is -0.0267. The van der Waals surface area contributed by atoms with E-state index >= 15 is 0 Å². The Bertz CT molecular complexity index is 971. The molecule has 3 aromatic carbocycles. The lowest BCUT2D eigenvalue weighted by Crippen LogP contribution is -2.43. The summed E-state index contributed by atoms with van der Waals surface area (Å²) in [5.41, 5.74) is 2.15. The smallest absolute Gasteiger partial charge is 0.281 e. The number of amides is 1. The molecule has 2 N–H and O–H groups in total. The number of carbonyl (C=O) groups is 1. The number of aliphatic hydroxyl groups is 1. The molecule has 1 amide bonds. The van der Waals surface area contributed by atoms with Crippen LogP contribution in [0.4, 0.5) is 0 Å². The van der Waals surface area contributed by atoms with Crippen molar-refractivity contribution in [3.8, 4) is 11.8 Å². The number of rotatable bonds is 7. The standard InChI is InChI=1S/C23H19N3O3/c24-15-16-29-21-13-11-18(12-14-21)17-25-26-22(27)23(28,19-7-3-1-4-8-19)20-9-5-2-6-10-20/h1-14,17,28H,16H2,(H,26,27)/b25-17-. The molecule has 0 atom stereocenters. The van der Waals surface area contributed by atoms with Crippen molar-refractivity contribution in [2.45, 2.75) is 5.60 Å². The van der Waals surface area contributed by atoms with E-state index in [0.29, 0.717) is 16.9 Å². The summed E-state index contributed by atoms with van der Waals surface area (Å²) in [6, 6.07) is 26.2. The molecule has 0 heterocycles. The quantitative estimate of drug-likeness (QED) is 0.483. The molecule has 144 valence electrons. The number of nitrogens with zero attached hydrogens (tertiary/aromatic N) is 2. The summed E-state index contributed by atoms with van der Waals surface area (Å²) in [7, 11) is 0. The van der Waals surface area contributed by atoms with Gasteiger partial charge in [-0.1, -0.05) is 60.7 Å². The van der Waals surface area contributed by atoms with E-state index in [1.807, 2.05) is 18.2 Å². The van der Waals surface area contributed by atoms with Crippen LogP contribution in [-0.4, -0.2) is 23.8 Å². The molecular weight excluding hydrogens is 366 g/mol. The highest BCUT2D eigenvalue weighted by Crippen LogP contribution is 2.29. The maximum absolute atomic E-state index is 12.9. The number of hydrogen-bond acceptors (Lipinski definition) is 5. The van der Waals surface area contributed by atoms with Crippen LogP contribution in [0.15, 0.2) is 90.0 Å². The van der Waals surface area contributed by atoms with Gasteiger partial charge in [-0.2, -0.15) is 10.4 Å². The molecule has 29 heavy (non-hydrogen) atoms. The second-order valence-corrected chi connectivity index (χ2v) is 6.16. The number of ether oxygens (including phenoxy) is 1. The third kappa shape index (κ3) is 4.67. The Hall–Kier alpha value is -3.95. The molecule has 0 radical (unpaired) electrons. The number of carbonyl (C=O) groups excluding carboxylic acids is 1. The molecule has 3 aromatic rings. The minimum absolute atomic E-state index is 0.0267. The van der Waals surface area contributed by atoms with Gasteiger partial charge in [0.25, 0.3) is 5.91 Å². The van der Waals surface area contributed by atoms with Gasteiger partial charge in [0.2, 0.25) is 0 Å². The van der Waals surface area contributed by atoms with Crippen LogP contribution in [0, 0.1) is 11.3 Å². The van der Waals surface area contributed by atoms with Gasteiger partial charge in [-0.05, 0) is 41.0 Å². The molecule has 0 spiro atoms. The molecule has 0 aromatic heterocycles. The van der Waals surface area contributed by atoms with Crippen LogP contribution in [0.2, 0.25) is 0 Å². The number of benzene rings is 3. The first-order valence-corrected chi connectivity index (χ1v) is 8.91. The van der Waals surface area contributed by atoms with Gasteiger partial charge in [0.15, 0.2) is 12.2 Å². The van der Waals surface area contributed by atoms with Crippen molar-refractivity contribution < 1.29 is 14.6 Å². The highest BCUT2D eigenvalue weighted by atomic mass is 16.5. The fraction of sp³-hybridized carbons (Fsp3) is 0.0870. The summed E-state index contributed by atoms with van der Waals surface area (Å²) >= 11 is 0. The van der Waals surface area contributed by atoms with Crippen molar-refractivity contribution in [1.29, 1.82) is 5.26 Å². The topological polar surface area (TPSA) is 94.7 Å². The zero-order chi connectivity index (χ0) is 20.5. The first-order valence-electron chi connectivity index (χ1n) is 8.91. The molecule has 0 unspecified atom stereocenters. The van der Waals surface area contributed by atoms with Crippen LogP contribution in [0.5, 0.6) is 5.75 Å². The maximum atomic E-state index is 12.9. The fourth-order valence-corrected chi connectivity index (χ4v) is 2.80. The molecule has 0 fully saturated rings. The summed E-state index contributed by atoms with van der Waals surface area (Å²) in [5.74, 6) is -0.101. The lowest BCUT2D eigenvalue weighted by molar-refractivity contribution is -0.136. The first-order chi connectivity index (χ1) is 14.1. The van der Waals surface area contributed by atoms with Crippen molar-refractivity contribution in [1.82, 2.24) is 5.43 Å². The Kier molecular flexibility index (Phi) is 6.36. The average Bonchev–Trinajstić information content (AvgIpc) is 2.79. The van der Waals surface area contributed by atoms with Crippen molar-refractivity contribution in [2.75, 3.05) is 6.61 Å². The Morgan fingerprint density at radius 3 is 2.07 bits per heavy atom. The van der Waals surface area contributed by atoms with Crippen molar-refractivity contribution in [3.63, 3.8) is 0 Å². The Balaban J connectivity index is 1.77. The highest BCUT2D eigenvalue weighted by molar-refractivity contribution is 5.91. The minimum atomic E-state index is -1.88. The van der Waals surface area contributed by atoms with Crippen LogP contribution in [0.1, 0.15) is 16.7 Å². The SMILES string of the molecule is N#CCOc1ccc(/C=N\NC(=O)C(O)(c2ccccc2)c2ccccc2)cc1. The van der Waals surface area contributed by atoms with E-state index in [0.717, 1.165) is 5.56 Å². The molecule has 3 rings (SSSR count). The average molecular weight is 385 g/mol. The Morgan fingerprint density at radius 2 is 1.55 bits per heavy atom. The zero-order valence-electron chi connectivity index (χ0n) is 15.5. The fourth-order valence-electron chi connectivity index (χ4n) is 2.80. The van der Waals surface area contributed by atoms with Gasteiger partial charge in [0.1, 0.15) is 11.8 Å². The maximum Gasteiger partial charge on any atom is 0.281 e. The number of nitriles is 1. The third-order valence-electron chi connectivity index (χ3n) is 4.27. The predicted octanol–water partition coefficient (Wildman–Crippen LogP) is 2.98. The molecule has 0 aliphatic heterocycles. The van der Waals surface area contributed by atoms with Gasteiger partial charge >= 0.3 is 0 Å². The van der Waals surface area contributed by atoms with Gasteiger partial charge in [-0.3, -0.25) is 4.79 Å². The predicted molar refractivity (Wildman–Crippen MR) is 109 cm³/mol. The normalized spacial score (nSPS) is 11.0. The van der Waals surface area contributed by atoms with Crippen LogP contribution >= 0.6 is 0 Å². The minimum Gasteiger partial charge on any atom is -0.479 e. The molecule has 0 bridgehead atoms. The van der Waals surface area contributed by atoms with Crippen LogP contribution in [-0.2, 0) is 10.4 Å². The monoisotopic (exact) mass is 385 g/mol. The van der Waals surface area contributed by atoms with Gasteiger partial charge < -0.3 is 9.84 Å². The van der Waals surface area contributed by atoms with Gasteiger partial charge in [0, 0.05) is 0 Å². The van der Waals surface area contributed by atoms with Crippen LogP contribution in [0.3, 0.4) is 0 Å². The molecule has 0 saturated heterocycles. The molecule has 6 heteroatoms. The first kappa shape index (κ1) is 19.8. The molecular formula is C23H19N3O3. The van der Waals surface area contributed by atoms with Crippen molar-refractivity contribution >= 4 is 12.1 Å². The van der Waals surface area contributed by atoms with E-state index in [2.05, 4.69) is 10.5 Å². The summed E-state index contributed by atoms with van der Waals surface area (Å²) in [4.78, 5) is 12.9. The number of hydrazone groups is 1. The largest absolute Gasteiger partial charge is 0.479 e. The van der Waals surface area contributed by atoms with E-state index < -0.39 is 11.5 Å². The Labute approximate surface area is 168 Å². The molecule has 0 aliphatic carbocycles. The van der Waals surface area contributed by atoms with E-state index in [1.165, 1.54) is 6.21 Å². The lowest BCUT2D eigenvalue weighted by Gasteiger charge is -2.27. The lowest BCUT2D eigenvalue weighted by atomic mass is 9.85. The third-order valence-corrected chi connectivity index (χ3v) is 4.27. The zero-order valence-corrected chi connectivity index (χ0v) is 15.5. The second-order valence-electron chi connectivity index (χ2n) is 6.16. The number of nitrogens with one attached hydrogen (secondary N) is 1. The van der Waals surface area contributed by atoms with E-state index in [-0.39, 0.29) is 6.61 Å². The second kappa shape index (κ2) is 9.31. The molecule has 0 aliphatic rings. The summed E-state index contributed by atoms with van der Waals surface area (Å²) in [5, 5.41) is 23.8. The van der Waals surface area contributed by atoms with Gasteiger partial charge in [0.05, 0.1) is 6.21 Å². The van der Waals surface area contributed by atoms with Gasteiger partial charge in [-0.15, -0.1) is 0 Å². The summed E-state index contributed by atoms with van der Waals surface area (Å²) in [6.07, 6.45) is 1.46. The molecule has 6 nitrogen and oxygen atoms in total. The van der Waals surface area contributed by atoms with Crippen molar-refractivity contribution in [2.24, 2.45) is 5.10 Å². The summed E-state index contributed by atoms with van der Waals surface area (Å²) < 4.78 is 5.19. The van der Waals surface area contributed by atoms with E-state index in [9.17, 15) is 9.90 Å². The van der Waals surface area contributed by atoms with Crippen LogP contribution < -0.4 is 10.2 Å². The highest BCUT2D eigenvalue weighted by Gasteiger charge is 2.39. The van der Waals surface area contributed by atoms with Gasteiger partial charge in [-0.25, -0.2) is 5.43 Å². The van der Waals surface area contributed by atoms with Crippen molar-refractivity contribution in [3.05, 3.63) is 102 Å². The number of hydrogen-bond donors (Lipinski definition) is 2. The van der Waals surface area contributed by atoms with E-state index in [4.69, 9.17) is 10.00 Å². The Morgan fingerprint density at radius 1 is 1.00 bits per heavy atom. The van der Waals surface area contributed by atoms with Crippen LogP contribution in [0.25, 0.3) is 0 Å². The van der Waals surface area contributed by atoms with E-state index in [1.54, 1.807) is 72.8 Å².